The fourth-order valence-corrected chi connectivity index (χ4v) is 6.99. The molecule has 256 valence electrons. The second-order valence-corrected chi connectivity index (χ2v) is 12.3. The summed E-state index contributed by atoms with van der Waals surface area (Å²) in [5.74, 6) is -5.48. The van der Waals surface area contributed by atoms with Crippen LogP contribution in [0.15, 0.2) is 46.7 Å². The van der Waals surface area contributed by atoms with Crippen molar-refractivity contribution >= 4 is 70.4 Å². The lowest BCUT2D eigenvalue weighted by Gasteiger charge is -2.50. The maximum atomic E-state index is 13.4. The van der Waals surface area contributed by atoms with Gasteiger partial charge in [-0.2, -0.15) is 0 Å². The van der Waals surface area contributed by atoms with Gasteiger partial charge in [-0.3, -0.25) is 19.3 Å². The highest BCUT2D eigenvalue weighted by molar-refractivity contribution is 8.00. The average Bonchev–Trinajstić information content (AvgIpc) is 3.68. The standard InChI is InChI=1S/C26H28N8O12S2/c1-9-14(46-26(42)45-9)7-44-25(41)32-5-12(13(35)6-32)33-3-2-10(20(33)37)4-11-8-48-22-16(21(38)34(22)17(11)23(39)40)29-19(36)15(31-43)18(27)30-24(28)47/h4,12-13,16,22,35,43H,2-3,5-8H2,1H3,(H,29,36)(H,39,40)(H4,27,28,30,47)/p-1/b10-4+,31-15-/t12?,13?,16-,22-/m1/s1. The first-order chi connectivity index (χ1) is 22.7. The van der Waals surface area contributed by atoms with Crippen LogP contribution in [0, 0.1) is 6.92 Å². The van der Waals surface area contributed by atoms with Gasteiger partial charge < -0.3 is 60.4 Å². The summed E-state index contributed by atoms with van der Waals surface area (Å²) in [6, 6.07) is -2.03. The zero-order valence-corrected chi connectivity index (χ0v) is 26.4. The summed E-state index contributed by atoms with van der Waals surface area (Å²) in [6.07, 6.45) is -0.402. The molecule has 22 heteroatoms. The molecule has 2 unspecified atom stereocenters. The SMILES string of the molecule is Cc1oc(=O)oc1COC(=O)N1CC(O)C(N2CC/C(=C\C3=C(C(=O)[O-])N4C(=O)[C@@H](NC(=O)C(=N\O)/C(N)=N/C(N)=S)[C@H]4SC3)C2=O)C1. The number of nitrogens with one attached hydrogen (secondary N) is 1. The fraction of sp³-hybridized carbons (Fsp3) is 0.423. The quantitative estimate of drug-likeness (QED) is 0.0329. The summed E-state index contributed by atoms with van der Waals surface area (Å²) in [5, 5.41) is 35.9. The number of carbonyl (C=O) groups is 5. The molecule has 1 aromatic rings. The van der Waals surface area contributed by atoms with Gasteiger partial charge in [0.2, 0.25) is 11.6 Å². The number of hydrogen-bond acceptors (Lipinski definition) is 15. The smallest absolute Gasteiger partial charge is 0.519 e. The van der Waals surface area contributed by atoms with Crippen molar-refractivity contribution in [2.24, 2.45) is 21.6 Å². The normalized spacial score (nSPS) is 25.4. The number of fused-ring (bicyclic) bond motifs is 1. The van der Waals surface area contributed by atoms with Crippen molar-refractivity contribution in [3.63, 3.8) is 0 Å². The number of nitrogens with two attached hydrogens (primary N) is 2. The zero-order chi connectivity index (χ0) is 35.0. The van der Waals surface area contributed by atoms with Crippen molar-refractivity contribution in [3.05, 3.63) is 45.1 Å². The number of aliphatic imine (C=N–C) groups is 1. The highest BCUT2D eigenvalue weighted by Gasteiger charge is 2.53. The molecule has 7 N–H and O–H groups in total. The topological polar surface area (TPSA) is 300 Å². The van der Waals surface area contributed by atoms with Gasteiger partial charge in [0.1, 0.15) is 11.4 Å². The second-order valence-electron chi connectivity index (χ2n) is 10.8. The number of carboxylic acid groups (broad SMARTS) is 1. The highest BCUT2D eigenvalue weighted by atomic mass is 32.2. The van der Waals surface area contributed by atoms with E-state index in [1.165, 1.54) is 22.8 Å². The third-order valence-electron chi connectivity index (χ3n) is 7.85. The molecule has 4 aliphatic rings. The average molecular weight is 708 g/mol. The summed E-state index contributed by atoms with van der Waals surface area (Å²) in [4.78, 5) is 82.0. The Balaban J connectivity index is 1.25. The fourth-order valence-electron chi connectivity index (χ4n) is 5.58. The van der Waals surface area contributed by atoms with E-state index in [1.807, 2.05) is 0 Å². The van der Waals surface area contributed by atoms with Crippen LogP contribution in [0.2, 0.25) is 0 Å². The lowest BCUT2D eigenvalue weighted by Crippen LogP contribution is -2.71. The Labute approximate surface area is 278 Å². The second kappa shape index (κ2) is 13.5. The number of β-amino-alcohol motifs (C(OH)–C–C–N with tert-alkyl or cyclic N) is 1. The summed E-state index contributed by atoms with van der Waals surface area (Å²) in [5.41, 5.74) is 9.87. The van der Waals surface area contributed by atoms with Crippen LogP contribution in [0.1, 0.15) is 17.9 Å². The Bertz CT molecular complexity index is 1780. The van der Waals surface area contributed by atoms with E-state index in [1.54, 1.807) is 0 Å². The molecule has 3 fully saturated rings. The zero-order valence-electron chi connectivity index (χ0n) is 24.8. The van der Waals surface area contributed by atoms with Gasteiger partial charge >= 0.3 is 11.9 Å². The van der Waals surface area contributed by atoms with Crippen LogP contribution in [-0.4, -0.2) is 120 Å². The Morgan fingerprint density at radius 3 is 2.58 bits per heavy atom. The van der Waals surface area contributed by atoms with Crippen molar-refractivity contribution in [2.75, 3.05) is 25.4 Å². The van der Waals surface area contributed by atoms with E-state index in [0.29, 0.717) is 0 Å². The van der Waals surface area contributed by atoms with Crippen molar-refractivity contribution in [2.45, 2.75) is 43.5 Å². The maximum absolute atomic E-state index is 13.4. The summed E-state index contributed by atoms with van der Waals surface area (Å²) in [6.45, 7) is 1.04. The molecule has 0 spiro atoms. The predicted molar refractivity (Wildman–Crippen MR) is 163 cm³/mol. The van der Waals surface area contributed by atoms with Gasteiger partial charge in [0.15, 0.2) is 29.1 Å². The molecular formula is C26H27N8O12S2-. The van der Waals surface area contributed by atoms with Crippen LogP contribution in [0.3, 0.4) is 0 Å². The number of nitrogens with zero attached hydrogens (tertiary/aromatic N) is 5. The van der Waals surface area contributed by atoms with Crippen LogP contribution in [0.25, 0.3) is 0 Å². The molecule has 0 aromatic carbocycles. The monoisotopic (exact) mass is 707 g/mol. The number of carboxylic acids is 1. The van der Waals surface area contributed by atoms with Gasteiger partial charge in [-0.25, -0.2) is 14.6 Å². The molecule has 0 aliphatic carbocycles. The van der Waals surface area contributed by atoms with E-state index in [9.17, 15) is 44.2 Å². The molecule has 0 radical (unpaired) electrons. The number of aliphatic hydroxyl groups excluding tert-OH is 1. The predicted octanol–water partition coefficient (Wildman–Crippen LogP) is -3.78. The van der Waals surface area contributed by atoms with Crippen molar-refractivity contribution in [1.29, 1.82) is 0 Å². The van der Waals surface area contributed by atoms with Crippen LogP contribution >= 0.6 is 24.0 Å². The van der Waals surface area contributed by atoms with Gasteiger partial charge in [-0.15, -0.1) is 11.8 Å². The van der Waals surface area contributed by atoms with Crippen LogP contribution < -0.4 is 27.7 Å². The molecule has 5 rings (SSSR count). The minimum absolute atomic E-state index is 0.00876. The van der Waals surface area contributed by atoms with Gasteiger partial charge in [0.05, 0.1) is 30.4 Å². The Hall–Kier alpha value is -5.22. The van der Waals surface area contributed by atoms with E-state index in [2.05, 4.69) is 27.7 Å². The molecule has 0 bridgehead atoms. The molecule has 3 saturated heterocycles. The molecule has 4 aliphatic heterocycles. The lowest BCUT2D eigenvalue weighted by molar-refractivity contribution is -0.301. The van der Waals surface area contributed by atoms with Crippen LogP contribution in [-0.2, 0) is 30.5 Å². The largest absolute Gasteiger partial charge is 0.543 e. The number of allylic oxidation sites excluding steroid dienone is 1. The highest BCUT2D eigenvalue weighted by Crippen LogP contribution is 2.41. The number of thiocarbonyl (C=S) groups is 1. The van der Waals surface area contributed by atoms with Gasteiger partial charge in [-0.05, 0) is 37.2 Å². The molecule has 48 heavy (non-hydrogen) atoms. The minimum Gasteiger partial charge on any atom is -0.543 e. The van der Waals surface area contributed by atoms with E-state index >= 15 is 0 Å². The molecule has 4 atom stereocenters. The Morgan fingerprint density at radius 1 is 1.23 bits per heavy atom. The van der Waals surface area contributed by atoms with E-state index < -0.39 is 81.5 Å². The van der Waals surface area contributed by atoms with Gasteiger partial charge in [-0.1, -0.05) is 5.16 Å². The van der Waals surface area contributed by atoms with Gasteiger partial charge in [0, 0.05) is 24.4 Å². The third-order valence-corrected chi connectivity index (χ3v) is 9.25. The molecule has 5 heterocycles. The van der Waals surface area contributed by atoms with E-state index in [-0.39, 0.29) is 61.1 Å². The number of oxime groups is 1. The third kappa shape index (κ3) is 6.48. The number of β-lactam (4-membered cyclic amide) rings is 1. The molecule has 20 nitrogen and oxygen atoms in total. The summed E-state index contributed by atoms with van der Waals surface area (Å²) < 4.78 is 14.7. The van der Waals surface area contributed by atoms with Crippen LogP contribution in [0.5, 0.6) is 0 Å². The van der Waals surface area contributed by atoms with Gasteiger partial charge in [0.25, 0.3) is 11.8 Å². The molecular weight excluding hydrogens is 680 g/mol. The number of thioether (sulfide) groups is 1. The minimum atomic E-state index is -1.69. The molecule has 1 aromatic heterocycles. The Morgan fingerprint density at radius 2 is 1.96 bits per heavy atom. The number of amidine groups is 1. The Kier molecular flexibility index (Phi) is 9.59. The van der Waals surface area contributed by atoms with Crippen LogP contribution in [0.4, 0.5) is 4.79 Å². The number of ether oxygens (including phenoxy) is 1. The number of carbonyl (C=O) groups excluding carboxylic acids is 5. The summed E-state index contributed by atoms with van der Waals surface area (Å²) in [7, 11) is 0. The lowest BCUT2D eigenvalue weighted by atomic mass is 10.0. The molecule has 4 amide bonds. The number of aryl methyl sites for hydroxylation is 1. The van der Waals surface area contributed by atoms with E-state index in [4.69, 9.17) is 25.0 Å². The first kappa shape index (κ1) is 34.1. The number of likely N-dealkylation sites (tertiary alicyclic amines) is 2. The number of hydrogen-bond donors (Lipinski definition) is 5. The molecule has 0 saturated carbocycles. The van der Waals surface area contributed by atoms with E-state index in [0.717, 1.165) is 16.7 Å². The van der Waals surface area contributed by atoms with Crippen molar-refractivity contribution < 1.29 is 53.0 Å². The van der Waals surface area contributed by atoms with Crippen molar-refractivity contribution in [3.8, 4) is 0 Å². The summed E-state index contributed by atoms with van der Waals surface area (Å²) >= 11 is 5.66. The number of aliphatic carboxylic acids is 1. The number of amides is 4. The van der Waals surface area contributed by atoms with Crippen molar-refractivity contribution in [1.82, 2.24) is 20.0 Å². The first-order valence-electron chi connectivity index (χ1n) is 14.0. The maximum Gasteiger partial charge on any atom is 0.519 e. The number of aliphatic hydroxyl groups is 1. The first-order valence-corrected chi connectivity index (χ1v) is 15.4. The number of rotatable bonds is 8.